The number of hydrogen-bond acceptors (Lipinski definition) is 3. The van der Waals surface area contributed by atoms with Crippen LogP contribution in [-0.4, -0.2) is 34.8 Å². The van der Waals surface area contributed by atoms with Crippen LogP contribution >= 0.6 is 31.9 Å². The van der Waals surface area contributed by atoms with Crippen LogP contribution in [0.25, 0.3) is 0 Å². The Morgan fingerprint density at radius 3 is 2.67 bits per heavy atom. The standard InChI is InChI=1S/C10H15Br2NO2/c1-2-10(3-5-13-6-4-10)15-9(14)8(12)7-11/h2,8,13H,1,3-7H2. The number of rotatable bonds is 4. The van der Waals surface area contributed by atoms with E-state index < -0.39 is 5.60 Å². The molecule has 0 radical (unpaired) electrons. The molecule has 0 spiro atoms. The number of hydrogen-bond donors (Lipinski definition) is 1. The zero-order valence-electron chi connectivity index (χ0n) is 8.47. The highest BCUT2D eigenvalue weighted by Gasteiger charge is 2.34. The predicted octanol–water partition coefficient (Wildman–Crippen LogP) is 2.00. The van der Waals surface area contributed by atoms with Gasteiger partial charge >= 0.3 is 5.97 Å². The smallest absolute Gasteiger partial charge is 0.321 e. The lowest BCUT2D eigenvalue weighted by Gasteiger charge is -2.34. The monoisotopic (exact) mass is 339 g/mol. The second-order valence-corrected chi connectivity index (χ2v) is 5.31. The van der Waals surface area contributed by atoms with E-state index in [0.29, 0.717) is 5.33 Å². The van der Waals surface area contributed by atoms with E-state index in [0.717, 1.165) is 25.9 Å². The van der Waals surface area contributed by atoms with Crippen molar-refractivity contribution >= 4 is 37.8 Å². The van der Waals surface area contributed by atoms with Gasteiger partial charge in [-0.3, -0.25) is 4.79 Å². The zero-order valence-corrected chi connectivity index (χ0v) is 11.6. The van der Waals surface area contributed by atoms with Crippen molar-refractivity contribution in [2.45, 2.75) is 23.3 Å². The molecule has 1 N–H and O–H groups in total. The molecule has 0 aliphatic carbocycles. The average molecular weight is 341 g/mol. The number of alkyl halides is 2. The molecule has 86 valence electrons. The molecular weight excluding hydrogens is 326 g/mol. The van der Waals surface area contributed by atoms with Crippen molar-refractivity contribution < 1.29 is 9.53 Å². The van der Waals surface area contributed by atoms with Gasteiger partial charge in [0, 0.05) is 18.2 Å². The van der Waals surface area contributed by atoms with E-state index in [-0.39, 0.29) is 10.8 Å². The summed E-state index contributed by atoms with van der Waals surface area (Å²) in [6, 6.07) is 0. The van der Waals surface area contributed by atoms with Gasteiger partial charge in [0.25, 0.3) is 0 Å². The van der Waals surface area contributed by atoms with Gasteiger partial charge in [0.2, 0.25) is 0 Å². The Morgan fingerprint density at radius 1 is 1.60 bits per heavy atom. The van der Waals surface area contributed by atoms with Gasteiger partial charge in [-0.05, 0) is 19.2 Å². The molecule has 0 saturated carbocycles. The van der Waals surface area contributed by atoms with Crippen LogP contribution in [-0.2, 0) is 9.53 Å². The number of nitrogens with one attached hydrogen (secondary N) is 1. The number of esters is 1. The van der Waals surface area contributed by atoms with E-state index in [1.807, 2.05) is 0 Å². The van der Waals surface area contributed by atoms with E-state index in [1.165, 1.54) is 0 Å². The number of carbonyl (C=O) groups excluding carboxylic acids is 1. The molecule has 5 heteroatoms. The topological polar surface area (TPSA) is 38.3 Å². The normalized spacial score (nSPS) is 21.7. The van der Waals surface area contributed by atoms with Crippen LogP contribution in [0.5, 0.6) is 0 Å². The minimum absolute atomic E-state index is 0.228. The molecule has 3 nitrogen and oxygen atoms in total. The Bertz CT molecular complexity index is 240. The highest BCUT2D eigenvalue weighted by molar-refractivity contribution is 9.12. The summed E-state index contributed by atoms with van der Waals surface area (Å²) in [6.07, 6.45) is 3.34. The van der Waals surface area contributed by atoms with Gasteiger partial charge in [0.05, 0.1) is 0 Å². The molecule has 1 heterocycles. The maximum Gasteiger partial charge on any atom is 0.321 e. The van der Waals surface area contributed by atoms with Gasteiger partial charge in [-0.2, -0.15) is 0 Å². The van der Waals surface area contributed by atoms with Crippen LogP contribution in [0.2, 0.25) is 0 Å². The summed E-state index contributed by atoms with van der Waals surface area (Å²) in [5.41, 5.74) is -0.476. The minimum atomic E-state index is -0.476. The summed E-state index contributed by atoms with van der Waals surface area (Å²) in [5, 5.41) is 3.78. The lowest BCUT2D eigenvalue weighted by atomic mass is 9.92. The molecule has 1 aliphatic heterocycles. The Balaban J connectivity index is 2.59. The van der Waals surface area contributed by atoms with Gasteiger partial charge < -0.3 is 10.1 Å². The highest BCUT2D eigenvalue weighted by atomic mass is 79.9. The summed E-state index contributed by atoms with van der Waals surface area (Å²) in [5.74, 6) is -0.228. The van der Waals surface area contributed by atoms with E-state index in [1.54, 1.807) is 6.08 Å². The minimum Gasteiger partial charge on any atom is -0.454 e. The Kier molecular flexibility index (Phi) is 5.29. The van der Waals surface area contributed by atoms with Crippen molar-refractivity contribution in [2.24, 2.45) is 0 Å². The second-order valence-electron chi connectivity index (χ2n) is 3.56. The molecule has 15 heavy (non-hydrogen) atoms. The molecule has 0 amide bonds. The number of halogens is 2. The van der Waals surface area contributed by atoms with Crippen LogP contribution < -0.4 is 5.32 Å². The lowest BCUT2D eigenvalue weighted by Crippen LogP contribution is -2.45. The van der Waals surface area contributed by atoms with E-state index in [4.69, 9.17) is 4.74 Å². The van der Waals surface area contributed by atoms with Gasteiger partial charge in [0.15, 0.2) is 0 Å². The summed E-state index contributed by atoms with van der Waals surface area (Å²) in [4.78, 5) is 11.4. The van der Waals surface area contributed by atoms with E-state index in [9.17, 15) is 4.79 Å². The van der Waals surface area contributed by atoms with Crippen LogP contribution in [0.3, 0.4) is 0 Å². The molecule has 1 saturated heterocycles. The first kappa shape index (κ1) is 13.2. The SMILES string of the molecule is C=CC1(OC(=O)C(Br)CBr)CCNCC1. The summed E-state index contributed by atoms with van der Waals surface area (Å²) >= 11 is 6.48. The molecule has 0 aromatic heterocycles. The first-order valence-electron chi connectivity index (χ1n) is 4.91. The van der Waals surface area contributed by atoms with Gasteiger partial charge in [-0.15, -0.1) is 0 Å². The predicted molar refractivity (Wildman–Crippen MR) is 67.6 cm³/mol. The van der Waals surface area contributed by atoms with Crippen LogP contribution in [0.15, 0.2) is 12.7 Å². The molecule has 1 aliphatic rings. The second kappa shape index (κ2) is 6.01. The van der Waals surface area contributed by atoms with Crippen molar-refractivity contribution in [2.75, 3.05) is 18.4 Å². The summed E-state index contributed by atoms with van der Waals surface area (Å²) < 4.78 is 5.51. The first-order valence-corrected chi connectivity index (χ1v) is 6.94. The van der Waals surface area contributed by atoms with Crippen molar-refractivity contribution in [1.82, 2.24) is 5.32 Å². The zero-order chi connectivity index (χ0) is 11.3. The average Bonchev–Trinajstić information content (AvgIpc) is 2.29. The Labute approximate surface area is 107 Å². The molecule has 0 bridgehead atoms. The largest absolute Gasteiger partial charge is 0.454 e. The van der Waals surface area contributed by atoms with Crippen LogP contribution in [0.1, 0.15) is 12.8 Å². The van der Waals surface area contributed by atoms with Crippen molar-refractivity contribution in [3.8, 4) is 0 Å². The van der Waals surface area contributed by atoms with Gasteiger partial charge in [-0.1, -0.05) is 38.4 Å². The third kappa shape index (κ3) is 3.57. The molecule has 0 aromatic rings. The lowest BCUT2D eigenvalue weighted by molar-refractivity contribution is -0.155. The first-order chi connectivity index (χ1) is 7.13. The molecule has 0 aromatic carbocycles. The van der Waals surface area contributed by atoms with Gasteiger partial charge in [-0.25, -0.2) is 0 Å². The van der Waals surface area contributed by atoms with Crippen LogP contribution in [0, 0.1) is 0 Å². The molecule has 1 fully saturated rings. The number of carbonyl (C=O) groups is 1. The third-order valence-corrected chi connectivity index (χ3v) is 4.73. The molecular formula is C10H15Br2NO2. The van der Waals surface area contributed by atoms with E-state index in [2.05, 4.69) is 43.8 Å². The van der Waals surface area contributed by atoms with E-state index >= 15 is 0 Å². The quantitative estimate of drug-likeness (QED) is 0.483. The summed E-state index contributed by atoms with van der Waals surface area (Å²) in [6.45, 7) is 5.49. The molecule has 1 rings (SSSR count). The fourth-order valence-corrected chi connectivity index (χ4v) is 1.88. The Hall–Kier alpha value is 0.130. The third-order valence-electron chi connectivity index (χ3n) is 2.52. The van der Waals surface area contributed by atoms with Crippen molar-refractivity contribution in [1.29, 1.82) is 0 Å². The van der Waals surface area contributed by atoms with Crippen LogP contribution in [0.4, 0.5) is 0 Å². The maximum atomic E-state index is 11.6. The fraction of sp³-hybridized carbons (Fsp3) is 0.700. The van der Waals surface area contributed by atoms with Gasteiger partial charge in [0.1, 0.15) is 10.4 Å². The Morgan fingerprint density at radius 2 is 2.20 bits per heavy atom. The molecule has 1 atom stereocenters. The van der Waals surface area contributed by atoms with Crippen molar-refractivity contribution in [3.05, 3.63) is 12.7 Å². The highest BCUT2D eigenvalue weighted by Crippen LogP contribution is 2.26. The fourth-order valence-electron chi connectivity index (χ4n) is 1.53. The maximum absolute atomic E-state index is 11.6. The number of ether oxygens (including phenoxy) is 1. The summed E-state index contributed by atoms with van der Waals surface area (Å²) in [7, 11) is 0. The van der Waals surface area contributed by atoms with Crippen molar-refractivity contribution in [3.63, 3.8) is 0 Å². The number of piperidine rings is 1. The molecule has 1 unspecified atom stereocenters.